The highest BCUT2D eigenvalue weighted by Gasteiger charge is 2.39. The van der Waals surface area contributed by atoms with Crippen LogP contribution in [-0.2, 0) is 9.53 Å². The summed E-state index contributed by atoms with van der Waals surface area (Å²) < 4.78 is 75.4. The van der Waals surface area contributed by atoms with E-state index >= 15 is 0 Å². The molecule has 0 aromatic heterocycles. The lowest BCUT2D eigenvalue weighted by molar-refractivity contribution is -0.274. The minimum absolute atomic E-state index is 0.0237. The van der Waals surface area contributed by atoms with Crippen LogP contribution in [0.1, 0.15) is 43.4 Å². The van der Waals surface area contributed by atoms with Crippen molar-refractivity contribution in [1.29, 1.82) is 0 Å². The molecule has 0 aliphatic carbocycles. The van der Waals surface area contributed by atoms with Crippen LogP contribution in [-0.4, -0.2) is 24.7 Å². The number of carbonyl (C=O) groups is 1. The first-order valence-electron chi connectivity index (χ1n) is 11.8. The number of aliphatic imine (C=N–C) groups is 1. The van der Waals surface area contributed by atoms with E-state index in [1.165, 1.54) is 30.3 Å². The summed E-state index contributed by atoms with van der Waals surface area (Å²) in [4.78, 5) is 17.4. The van der Waals surface area contributed by atoms with Crippen LogP contribution in [0.3, 0.4) is 0 Å². The van der Waals surface area contributed by atoms with Gasteiger partial charge in [-0.15, -0.1) is 13.2 Å². The van der Waals surface area contributed by atoms with E-state index in [2.05, 4.69) is 9.73 Å². The molecule has 2 unspecified atom stereocenters. The Morgan fingerprint density at radius 2 is 1.54 bits per heavy atom. The van der Waals surface area contributed by atoms with Gasteiger partial charge in [0.15, 0.2) is 0 Å². The van der Waals surface area contributed by atoms with Crippen LogP contribution >= 0.6 is 0 Å². The second kappa shape index (κ2) is 11.1. The highest BCUT2D eigenvalue weighted by Crippen LogP contribution is 2.39. The van der Waals surface area contributed by atoms with Gasteiger partial charge in [0.05, 0.1) is 24.1 Å². The Labute approximate surface area is 210 Å². The predicted octanol–water partition coefficient (Wildman–Crippen LogP) is 7.42. The maximum atomic E-state index is 14.5. The molecule has 0 amide bonds. The minimum atomic E-state index is -4.77. The first kappa shape index (κ1) is 26.3. The van der Waals surface area contributed by atoms with Gasteiger partial charge in [-0.1, -0.05) is 55.8 Å². The Bertz CT molecular complexity index is 1250. The molecule has 1 aliphatic heterocycles. The van der Waals surface area contributed by atoms with Crippen LogP contribution in [0.15, 0.2) is 71.7 Å². The standard InChI is InChI=1S/C28H24F5NO3/c1-2-3-15-36-27(35)21-16-24(25-22(29)5-4-6-23(25)30)34-26(21)19-9-7-17(8-10-19)18-11-13-20(14-12-18)37-28(31,32)33/h4-14,21,26H,2-3,15-16H2,1H3. The quantitative estimate of drug-likeness (QED) is 0.177. The average Bonchev–Trinajstić information content (AvgIpc) is 3.29. The molecule has 1 heterocycles. The zero-order valence-corrected chi connectivity index (χ0v) is 19.9. The van der Waals surface area contributed by atoms with Gasteiger partial charge in [-0.3, -0.25) is 9.79 Å². The lowest BCUT2D eigenvalue weighted by atomic mass is 9.90. The third-order valence-electron chi connectivity index (χ3n) is 6.06. The summed E-state index contributed by atoms with van der Waals surface area (Å²) in [6.07, 6.45) is -3.21. The third kappa shape index (κ3) is 6.34. The van der Waals surface area contributed by atoms with E-state index in [0.29, 0.717) is 23.1 Å². The number of hydrogen-bond acceptors (Lipinski definition) is 4. The Balaban J connectivity index is 1.60. The second-order valence-corrected chi connectivity index (χ2v) is 8.64. The maximum Gasteiger partial charge on any atom is 0.573 e. The first-order chi connectivity index (χ1) is 17.7. The number of alkyl halides is 3. The smallest absolute Gasteiger partial charge is 0.465 e. The van der Waals surface area contributed by atoms with Crippen molar-refractivity contribution in [1.82, 2.24) is 0 Å². The molecule has 0 fully saturated rings. The van der Waals surface area contributed by atoms with Gasteiger partial charge in [0, 0.05) is 12.1 Å². The summed E-state index contributed by atoms with van der Waals surface area (Å²) in [5, 5.41) is 0. The number of nitrogens with zero attached hydrogens (tertiary/aromatic N) is 1. The van der Waals surface area contributed by atoms with E-state index < -0.39 is 35.9 Å². The van der Waals surface area contributed by atoms with Crippen molar-refractivity contribution < 1.29 is 36.2 Å². The number of halogens is 5. The van der Waals surface area contributed by atoms with Crippen molar-refractivity contribution >= 4 is 11.7 Å². The third-order valence-corrected chi connectivity index (χ3v) is 6.06. The normalized spacial score (nSPS) is 17.4. The van der Waals surface area contributed by atoms with Gasteiger partial charge in [-0.2, -0.15) is 0 Å². The molecule has 0 bridgehead atoms. The highest BCUT2D eigenvalue weighted by molar-refractivity contribution is 6.04. The summed E-state index contributed by atoms with van der Waals surface area (Å²) in [5.74, 6) is -3.09. The molecule has 4 nitrogen and oxygen atoms in total. The van der Waals surface area contributed by atoms with Crippen molar-refractivity contribution in [3.05, 3.63) is 89.5 Å². The molecule has 2 atom stereocenters. The van der Waals surface area contributed by atoms with Crippen molar-refractivity contribution in [2.24, 2.45) is 10.9 Å². The molecule has 3 aromatic carbocycles. The molecule has 0 saturated carbocycles. The molecule has 1 aliphatic rings. The van der Waals surface area contributed by atoms with Gasteiger partial charge in [-0.25, -0.2) is 8.78 Å². The lowest BCUT2D eigenvalue weighted by Gasteiger charge is -2.18. The summed E-state index contributed by atoms with van der Waals surface area (Å²) in [6.45, 7) is 2.21. The van der Waals surface area contributed by atoms with E-state index in [1.807, 2.05) is 6.92 Å². The molecule has 0 spiro atoms. The summed E-state index contributed by atoms with van der Waals surface area (Å²) in [7, 11) is 0. The molecule has 4 rings (SSSR count). The largest absolute Gasteiger partial charge is 0.573 e. The number of carbonyl (C=O) groups excluding carboxylic acids is 1. The zero-order chi connectivity index (χ0) is 26.6. The maximum absolute atomic E-state index is 14.5. The Morgan fingerprint density at radius 1 is 0.946 bits per heavy atom. The van der Waals surface area contributed by atoms with Gasteiger partial charge < -0.3 is 9.47 Å². The van der Waals surface area contributed by atoms with E-state index in [0.717, 1.165) is 18.6 Å². The Kier molecular flexibility index (Phi) is 7.90. The van der Waals surface area contributed by atoms with Crippen molar-refractivity contribution in [2.45, 2.75) is 38.6 Å². The van der Waals surface area contributed by atoms with E-state index in [4.69, 9.17) is 4.74 Å². The van der Waals surface area contributed by atoms with Crippen LogP contribution in [0.2, 0.25) is 0 Å². The molecule has 9 heteroatoms. The molecular weight excluding hydrogens is 493 g/mol. The highest BCUT2D eigenvalue weighted by atomic mass is 19.4. The van der Waals surface area contributed by atoms with E-state index in [-0.39, 0.29) is 30.1 Å². The first-order valence-corrected chi connectivity index (χ1v) is 11.8. The molecule has 0 radical (unpaired) electrons. The SMILES string of the molecule is CCCCOC(=O)C1CC(c2c(F)cccc2F)=NC1c1ccc(-c2ccc(OC(F)(F)F)cc2)cc1. The number of esters is 1. The topological polar surface area (TPSA) is 47.9 Å². The summed E-state index contributed by atoms with van der Waals surface area (Å²) >= 11 is 0. The van der Waals surface area contributed by atoms with Crippen LogP contribution in [0.5, 0.6) is 5.75 Å². The number of hydrogen-bond donors (Lipinski definition) is 0. The van der Waals surface area contributed by atoms with Gasteiger partial charge in [0.25, 0.3) is 0 Å². The fourth-order valence-electron chi connectivity index (χ4n) is 4.24. The van der Waals surface area contributed by atoms with Crippen LogP contribution in [0.4, 0.5) is 22.0 Å². The second-order valence-electron chi connectivity index (χ2n) is 8.64. The number of ether oxygens (including phenoxy) is 2. The summed E-state index contributed by atoms with van der Waals surface area (Å²) in [5.41, 5.74) is 1.91. The fourth-order valence-corrected chi connectivity index (χ4v) is 4.24. The molecule has 37 heavy (non-hydrogen) atoms. The van der Waals surface area contributed by atoms with E-state index in [9.17, 15) is 26.7 Å². The average molecular weight is 517 g/mol. The number of unbranched alkanes of at least 4 members (excludes halogenated alkanes) is 1. The zero-order valence-electron chi connectivity index (χ0n) is 19.9. The van der Waals surface area contributed by atoms with Crippen LogP contribution < -0.4 is 4.74 Å². The predicted molar refractivity (Wildman–Crippen MR) is 128 cm³/mol. The van der Waals surface area contributed by atoms with Crippen LogP contribution in [0.25, 0.3) is 11.1 Å². The lowest BCUT2D eigenvalue weighted by Crippen LogP contribution is -2.22. The number of benzene rings is 3. The minimum Gasteiger partial charge on any atom is -0.465 e. The van der Waals surface area contributed by atoms with Gasteiger partial charge in [0.1, 0.15) is 17.4 Å². The Hall–Kier alpha value is -3.75. The summed E-state index contributed by atoms with van der Waals surface area (Å²) in [6, 6.07) is 15.2. The molecule has 0 N–H and O–H groups in total. The van der Waals surface area contributed by atoms with Gasteiger partial charge in [-0.05, 0) is 47.4 Å². The fraction of sp³-hybridized carbons (Fsp3) is 0.286. The van der Waals surface area contributed by atoms with Gasteiger partial charge in [0.2, 0.25) is 0 Å². The monoisotopic (exact) mass is 517 g/mol. The molecule has 194 valence electrons. The van der Waals surface area contributed by atoms with Gasteiger partial charge >= 0.3 is 12.3 Å². The van der Waals surface area contributed by atoms with Crippen LogP contribution in [0, 0.1) is 17.6 Å². The van der Waals surface area contributed by atoms with E-state index in [1.54, 1.807) is 24.3 Å². The van der Waals surface area contributed by atoms with Crippen molar-refractivity contribution in [3.8, 4) is 16.9 Å². The molecule has 3 aromatic rings. The molecular formula is C28H24F5NO3. The Morgan fingerprint density at radius 3 is 2.11 bits per heavy atom. The number of rotatable bonds is 8. The van der Waals surface area contributed by atoms with Crippen molar-refractivity contribution in [2.75, 3.05) is 6.61 Å². The molecule has 0 saturated heterocycles. The van der Waals surface area contributed by atoms with Crippen molar-refractivity contribution in [3.63, 3.8) is 0 Å².